The standard InChI is InChI=1S/C23H25N3O3/c1-15(27)24-18-8-5-9-19(13-18)26-14-17(12-22(26)28)23(29)25-21-11-4-7-16-6-2-3-10-20(16)21/h2-3,5-6,8-10,13,17,21H,4,7,11-12,14H2,1H3,(H,24,27)(H,25,29)/t17-,21+/m0/s1. The van der Waals surface area contributed by atoms with Crippen LogP contribution < -0.4 is 15.5 Å². The third-order valence-electron chi connectivity index (χ3n) is 5.66. The van der Waals surface area contributed by atoms with Crippen LogP contribution in [-0.4, -0.2) is 24.3 Å². The van der Waals surface area contributed by atoms with Crippen LogP contribution in [0.15, 0.2) is 48.5 Å². The highest BCUT2D eigenvalue weighted by Crippen LogP contribution is 2.31. The van der Waals surface area contributed by atoms with Crippen LogP contribution >= 0.6 is 0 Å². The highest BCUT2D eigenvalue weighted by molar-refractivity contribution is 6.01. The largest absolute Gasteiger partial charge is 0.349 e. The molecule has 1 fully saturated rings. The van der Waals surface area contributed by atoms with Crippen molar-refractivity contribution in [1.29, 1.82) is 0 Å². The number of rotatable bonds is 4. The van der Waals surface area contributed by atoms with Crippen molar-refractivity contribution in [3.63, 3.8) is 0 Å². The van der Waals surface area contributed by atoms with Gasteiger partial charge in [0.25, 0.3) is 0 Å². The predicted molar refractivity (Wildman–Crippen MR) is 111 cm³/mol. The third kappa shape index (κ3) is 4.16. The number of hydrogen-bond acceptors (Lipinski definition) is 3. The minimum absolute atomic E-state index is 0.0136. The molecule has 0 aromatic heterocycles. The molecule has 6 nitrogen and oxygen atoms in total. The summed E-state index contributed by atoms with van der Waals surface area (Å²) >= 11 is 0. The van der Waals surface area contributed by atoms with Crippen LogP contribution in [0.5, 0.6) is 0 Å². The molecule has 2 aromatic rings. The lowest BCUT2D eigenvalue weighted by Crippen LogP contribution is -2.36. The molecule has 29 heavy (non-hydrogen) atoms. The van der Waals surface area contributed by atoms with E-state index < -0.39 is 0 Å². The van der Waals surface area contributed by atoms with E-state index in [1.807, 2.05) is 18.2 Å². The molecule has 4 rings (SSSR count). The van der Waals surface area contributed by atoms with Crippen LogP contribution in [0.2, 0.25) is 0 Å². The first-order valence-electron chi connectivity index (χ1n) is 10.1. The van der Waals surface area contributed by atoms with E-state index in [1.165, 1.54) is 18.1 Å². The normalized spacial score (nSPS) is 20.9. The van der Waals surface area contributed by atoms with Gasteiger partial charge in [0.05, 0.1) is 12.0 Å². The van der Waals surface area contributed by atoms with Crippen LogP contribution in [0, 0.1) is 5.92 Å². The van der Waals surface area contributed by atoms with Gasteiger partial charge in [0.15, 0.2) is 0 Å². The number of amides is 3. The SMILES string of the molecule is CC(=O)Nc1cccc(N2C[C@@H](C(=O)N[C@@H]3CCCc4ccccc43)CC2=O)c1. The molecule has 1 aliphatic carbocycles. The Kier molecular flexibility index (Phi) is 5.34. The van der Waals surface area contributed by atoms with E-state index in [4.69, 9.17) is 0 Å². The maximum atomic E-state index is 12.9. The van der Waals surface area contributed by atoms with Gasteiger partial charge in [-0.15, -0.1) is 0 Å². The van der Waals surface area contributed by atoms with Crippen LogP contribution in [0.25, 0.3) is 0 Å². The van der Waals surface area contributed by atoms with Gasteiger partial charge < -0.3 is 15.5 Å². The van der Waals surface area contributed by atoms with Gasteiger partial charge in [0.2, 0.25) is 17.7 Å². The number of carbonyl (C=O) groups is 3. The van der Waals surface area contributed by atoms with E-state index in [9.17, 15) is 14.4 Å². The Bertz CT molecular complexity index is 956. The van der Waals surface area contributed by atoms with E-state index in [1.54, 1.807) is 23.1 Å². The van der Waals surface area contributed by atoms with Crippen molar-refractivity contribution in [2.75, 3.05) is 16.8 Å². The van der Waals surface area contributed by atoms with Crippen molar-refractivity contribution in [3.05, 3.63) is 59.7 Å². The topological polar surface area (TPSA) is 78.5 Å². The number of aryl methyl sites for hydroxylation is 1. The lowest BCUT2D eigenvalue weighted by atomic mass is 9.87. The van der Waals surface area contributed by atoms with Crippen LogP contribution in [0.3, 0.4) is 0 Å². The lowest BCUT2D eigenvalue weighted by Gasteiger charge is -2.27. The summed E-state index contributed by atoms with van der Waals surface area (Å²) in [5, 5.41) is 5.90. The van der Waals surface area contributed by atoms with Gasteiger partial charge in [0.1, 0.15) is 0 Å². The molecule has 150 valence electrons. The molecule has 0 radical (unpaired) electrons. The molecule has 2 aliphatic rings. The van der Waals surface area contributed by atoms with Gasteiger partial charge in [-0.1, -0.05) is 30.3 Å². The van der Waals surface area contributed by atoms with Gasteiger partial charge >= 0.3 is 0 Å². The number of benzene rings is 2. The van der Waals surface area contributed by atoms with E-state index >= 15 is 0 Å². The molecule has 0 bridgehead atoms. The third-order valence-corrected chi connectivity index (χ3v) is 5.66. The summed E-state index contributed by atoms with van der Waals surface area (Å²) in [6, 6.07) is 15.4. The molecule has 0 spiro atoms. The monoisotopic (exact) mass is 391 g/mol. The molecular weight excluding hydrogens is 366 g/mol. The number of hydrogen-bond donors (Lipinski definition) is 2. The van der Waals surface area contributed by atoms with Crippen molar-refractivity contribution in [1.82, 2.24) is 5.32 Å². The average Bonchev–Trinajstić information content (AvgIpc) is 3.10. The summed E-state index contributed by atoms with van der Waals surface area (Å²) in [7, 11) is 0. The summed E-state index contributed by atoms with van der Waals surface area (Å²) in [4.78, 5) is 38.4. The van der Waals surface area contributed by atoms with Crippen molar-refractivity contribution in [2.24, 2.45) is 5.92 Å². The minimum Gasteiger partial charge on any atom is -0.349 e. The molecule has 2 N–H and O–H groups in total. The van der Waals surface area contributed by atoms with Gasteiger partial charge in [-0.3, -0.25) is 14.4 Å². The van der Waals surface area contributed by atoms with Gasteiger partial charge in [-0.05, 0) is 48.6 Å². The Morgan fingerprint density at radius 3 is 2.76 bits per heavy atom. The Morgan fingerprint density at radius 1 is 1.10 bits per heavy atom. The van der Waals surface area contributed by atoms with Crippen LogP contribution in [0.4, 0.5) is 11.4 Å². The fourth-order valence-electron chi connectivity index (χ4n) is 4.28. The zero-order chi connectivity index (χ0) is 20.4. The quantitative estimate of drug-likeness (QED) is 0.840. The summed E-state index contributed by atoms with van der Waals surface area (Å²) in [5.41, 5.74) is 3.81. The first kappa shape index (κ1) is 19.2. The summed E-state index contributed by atoms with van der Waals surface area (Å²) in [6.45, 7) is 1.79. The summed E-state index contributed by atoms with van der Waals surface area (Å²) in [6.07, 6.45) is 3.22. The Balaban J connectivity index is 1.44. The summed E-state index contributed by atoms with van der Waals surface area (Å²) < 4.78 is 0. The number of fused-ring (bicyclic) bond motifs is 1. The molecule has 2 aromatic carbocycles. The maximum Gasteiger partial charge on any atom is 0.227 e. The van der Waals surface area contributed by atoms with Crippen molar-refractivity contribution in [2.45, 2.75) is 38.6 Å². The molecular formula is C23H25N3O3. The minimum atomic E-state index is -0.374. The first-order chi connectivity index (χ1) is 14.0. The Labute approximate surface area is 170 Å². The number of carbonyl (C=O) groups excluding carboxylic acids is 3. The average molecular weight is 391 g/mol. The smallest absolute Gasteiger partial charge is 0.227 e. The number of nitrogens with zero attached hydrogens (tertiary/aromatic N) is 1. The van der Waals surface area contributed by atoms with Gasteiger partial charge in [-0.2, -0.15) is 0 Å². The molecule has 1 heterocycles. The van der Waals surface area contributed by atoms with E-state index in [0.29, 0.717) is 17.9 Å². The summed E-state index contributed by atoms with van der Waals surface area (Å²) in [5.74, 6) is -0.685. The zero-order valence-electron chi connectivity index (χ0n) is 16.5. The molecule has 3 amide bonds. The maximum absolute atomic E-state index is 12.9. The second-order valence-corrected chi connectivity index (χ2v) is 7.79. The second-order valence-electron chi connectivity index (χ2n) is 7.79. The van der Waals surface area contributed by atoms with Crippen LogP contribution in [-0.2, 0) is 20.8 Å². The Morgan fingerprint density at radius 2 is 1.93 bits per heavy atom. The molecule has 0 unspecified atom stereocenters. The number of nitrogens with one attached hydrogen (secondary N) is 2. The molecule has 2 atom stereocenters. The highest BCUT2D eigenvalue weighted by atomic mass is 16.2. The molecule has 1 aliphatic heterocycles. The lowest BCUT2D eigenvalue weighted by molar-refractivity contribution is -0.127. The van der Waals surface area contributed by atoms with Gasteiger partial charge in [0, 0.05) is 31.3 Å². The van der Waals surface area contributed by atoms with E-state index in [2.05, 4.69) is 22.8 Å². The van der Waals surface area contributed by atoms with E-state index in [-0.39, 0.29) is 36.1 Å². The Hall–Kier alpha value is -3.15. The molecule has 1 saturated heterocycles. The zero-order valence-corrected chi connectivity index (χ0v) is 16.5. The second kappa shape index (κ2) is 8.07. The van der Waals surface area contributed by atoms with Crippen molar-refractivity contribution in [3.8, 4) is 0 Å². The first-order valence-corrected chi connectivity index (χ1v) is 10.1. The van der Waals surface area contributed by atoms with Crippen LogP contribution in [0.1, 0.15) is 43.4 Å². The predicted octanol–water partition coefficient (Wildman–Crippen LogP) is 3.19. The highest BCUT2D eigenvalue weighted by Gasteiger charge is 2.36. The number of anilines is 2. The van der Waals surface area contributed by atoms with Gasteiger partial charge in [-0.25, -0.2) is 0 Å². The van der Waals surface area contributed by atoms with Crippen molar-refractivity contribution < 1.29 is 14.4 Å². The van der Waals surface area contributed by atoms with Crippen molar-refractivity contribution >= 4 is 29.1 Å². The fraction of sp³-hybridized carbons (Fsp3) is 0.348. The van der Waals surface area contributed by atoms with E-state index in [0.717, 1.165) is 19.3 Å². The molecule has 0 saturated carbocycles. The molecule has 6 heteroatoms. The fourth-order valence-corrected chi connectivity index (χ4v) is 4.28.